The Balaban J connectivity index is 2.12. The van der Waals surface area contributed by atoms with Crippen LogP contribution in [0.15, 0.2) is 42.5 Å². The fourth-order valence-electron chi connectivity index (χ4n) is 1.94. The van der Waals surface area contributed by atoms with E-state index < -0.39 is 0 Å². The molecule has 21 heavy (non-hydrogen) atoms. The van der Waals surface area contributed by atoms with Gasteiger partial charge in [-0.05, 0) is 42.8 Å². The van der Waals surface area contributed by atoms with Crippen molar-refractivity contribution in [1.82, 2.24) is 5.32 Å². The van der Waals surface area contributed by atoms with Crippen LogP contribution in [0.1, 0.15) is 28.9 Å². The molecule has 0 aliphatic carbocycles. The summed E-state index contributed by atoms with van der Waals surface area (Å²) in [6.07, 6.45) is 0. The molecular formula is C16H17ClN2O2. The number of anilines is 1. The van der Waals surface area contributed by atoms with Crippen molar-refractivity contribution in [1.29, 1.82) is 0 Å². The average molecular weight is 305 g/mol. The largest absolute Gasteiger partial charge is 0.497 e. The minimum Gasteiger partial charge on any atom is -0.497 e. The number of carbonyl (C=O) groups excluding carboxylic acids is 1. The zero-order valence-corrected chi connectivity index (χ0v) is 12.6. The van der Waals surface area contributed by atoms with Crippen LogP contribution in [0.25, 0.3) is 0 Å². The molecule has 2 aromatic rings. The molecule has 0 aliphatic rings. The molecule has 110 valence electrons. The molecule has 1 unspecified atom stereocenters. The van der Waals surface area contributed by atoms with Gasteiger partial charge in [0.15, 0.2) is 0 Å². The van der Waals surface area contributed by atoms with Crippen LogP contribution in [-0.2, 0) is 0 Å². The summed E-state index contributed by atoms with van der Waals surface area (Å²) in [4.78, 5) is 12.2. The predicted octanol–water partition coefficient (Wildman–Crippen LogP) is 3.42. The molecule has 4 nitrogen and oxygen atoms in total. The predicted molar refractivity (Wildman–Crippen MR) is 84.7 cm³/mol. The summed E-state index contributed by atoms with van der Waals surface area (Å²) in [6, 6.07) is 12.2. The number of ether oxygens (including phenoxy) is 1. The second-order valence-corrected chi connectivity index (χ2v) is 5.12. The van der Waals surface area contributed by atoms with Crippen LogP contribution in [0, 0.1) is 0 Å². The highest BCUT2D eigenvalue weighted by Gasteiger charge is 2.13. The molecule has 3 N–H and O–H groups in total. The molecule has 0 saturated heterocycles. The molecule has 0 aromatic heterocycles. The Morgan fingerprint density at radius 3 is 2.71 bits per heavy atom. The van der Waals surface area contributed by atoms with Crippen LogP contribution in [-0.4, -0.2) is 13.0 Å². The lowest BCUT2D eigenvalue weighted by Crippen LogP contribution is -2.26. The van der Waals surface area contributed by atoms with Gasteiger partial charge in [0.05, 0.1) is 23.9 Å². The Hall–Kier alpha value is -2.20. The molecular weight excluding hydrogens is 288 g/mol. The summed E-state index contributed by atoms with van der Waals surface area (Å²) in [5.74, 6) is 0.552. The molecule has 0 heterocycles. The van der Waals surface area contributed by atoms with Crippen molar-refractivity contribution in [2.24, 2.45) is 0 Å². The van der Waals surface area contributed by atoms with Gasteiger partial charge in [0.2, 0.25) is 0 Å². The molecule has 0 saturated carbocycles. The topological polar surface area (TPSA) is 64.3 Å². The number of rotatable bonds is 4. The minimum absolute atomic E-state index is 0.149. The maximum Gasteiger partial charge on any atom is 0.251 e. The van der Waals surface area contributed by atoms with Gasteiger partial charge in [-0.1, -0.05) is 23.7 Å². The fraction of sp³-hybridized carbons (Fsp3) is 0.188. The first-order valence-electron chi connectivity index (χ1n) is 6.51. The van der Waals surface area contributed by atoms with E-state index in [1.54, 1.807) is 25.3 Å². The van der Waals surface area contributed by atoms with E-state index in [-0.39, 0.29) is 11.9 Å². The number of methoxy groups -OCH3 is 1. The summed E-state index contributed by atoms with van der Waals surface area (Å²) < 4.78 is 5.18. The highest BCUT2D eigenvalue weighted by Crippen LogP contribution is 2.21. The molecule has 0 fully saturated rings. The van der Waals surface area contributed by atoms with Crippen LogP contribution in [0.4, 0.5) is 5.69 Å². The first kappa shape index (κ1) is 15.2. The van der Waals surface area contributed by atoms with Gasteiger partial charge < -0.3 is 15.8 Å². The third-order valence-corrected chi connectivity index (χ3v) is 3.53. The summed E-state index contributed by atoms with van der Waals surface area (Å²) in [5.41, 5.74) is 7.53. The zero-order valence-electron chi connectivity index (χ0n) is 11.9. The van der Waals surface area contributed by atoms with Crippen molar-refractivity contribution in [2.75, 3.05) is 12.8 Å². The van der Waals surface area contributed by atoms with E-state index in [1.807, 2.05) is 31.2 Å². The second-order valence-electron chi connectivity index (χ2n) is 4.71. The number of nitrogens with two attached hydrogens (primary N) is 1. The van der Waals surface area contributed by atoms with Crippen LogP contribution >= 0.6 is 11.6 Å². The SMILES string of the molecule is COc1cccc(C(C)NC(=O)c2ccc(N)c(Cl)c2)c1. The van der Waals surface area contributed by atoms with E-state index in [1.165, 1.54) is 0 Å². The monoisotopic (exact) mass is 304 g/mol. The Labute approximate surface area is 128 Å². The Kier molecular flexibility index (Phi) is 4.70. The highest BCUT2D eigenvalue weighted by molar-refractivity contribution is 6.33. The number of nitrogen functional groups attached to an aromatic ring is 1. The number of halogens is 1. The lowest BCUT2D eigenvalue weighted by Gasteiger charge is -2.15. The second kappa shape index (κ2) is 6.50. The summed E-state index contributed by atoms with van der Waals surface area (Å²) >= 11 is 5.93. The molecule has 0 radical (unpaired) electrons. The Bertz CT molecular complexity index is 658. The van der Waals surface area contributed by atoms with Gasteiger partial charge in [0.25, 0.3) is 5.91 Å². The number of hydrogen-bond donors (Lipinski definition) is 2. The van der Waals surface area contributed by atoms with Crippen LogP contribution < -0.4 is 15.8 Å². The first-order chi connectivity index (χ1) is 10.0. The van der Waals surface area contributed by atoms with Crippen molar-refractivity contribution >= 4 is 23.2 Å². The van der Waals surface area contributed by atoms with Crippen molar-refractivity contribution in [3.05, 3.63) is 58.6 Å². The third-order valence-electron chi connectivity index (χ3n) is 3.20. The molecule has 2 rings (SSSR count). The highest BCUT2D eigenvalue weighted by atomic mass is 35.5. The maximum absolute atomic E-state index is 12.2. The smallest absolute Gasteiger partial charge is 0.251 e. The van der Waals surface area contributed by atoms with E-state index in [0.29, 0.717) is 16.3 Å². The van der Waals surface area contributed by atoms with Gasteiger partial charge in [-0.15, -0.1) is 0 Å². The molecule has 1 atom stereocenters. The lowest BCUT2D eigenvalue weighted by molar-refractivity contribution is 0.0940. The summed E-state index contributed by atoms with van der Waals surface area (Å²) in [6.45, 7) is 1.91. The molecule has 2 aromatic carbocycles. The summed E-state index contributed by atoms with van der Waals surface area (Å²) in [5, 5.41) is 3.29. The van der Waals surface area contributed by atoms with Gasteiger partial charge in [-0.2, -0.15) is 0 Å². The van der Waals surface area contributed by atoms with Crippen molar-refractivity contribution in [3.8, 4) is 5.75 Å². The van der Waals surface area contributed by atoms with E-state index >= 15 is 0 Å². The van der Waals surface area contributed by atoms with Gasteiger partial charge in [0.1, 0.15) is 5.75 Å². The van der Waals surface area contributed by atoms with E-state index in [4.69, 9.17) is 22.1 Å². The number of hydrogen-bond acceptors (Lipinski definition) is 3. The van der Waals surface area contributed by atoms with Crippen molar-refractivity contribution < 1.29 is 9.53 Å². The molecule has 0 bridgehead atoms. The van der Waals surface area contributed by atoms with Crippen LogP contribution in [0.3, 0.4) is 0 Å². The number of amides is 1. The standard InChI is InChI=1S/C16H17ClN2O2/c1-10(11-4-3-5-13(8-11)21-2)19-16(20)12-6-7-15(18)14(17)9-12/h3-10H,18H2,1-2H3,(H,19,20). The van der Waals surface area contributed by atoms with E-state index in [2.05, 4.69) is 5.32 Å². The molecule has 1 amide bonds. The van der Waals surface area contributed by atoms with Crippen molar-refractivity contribution in [3.63, 3.8) is 0 Å². The van der Waals surface area contributed by atoms with Crippen LogP contribution in [0.5, 0.6) is 5.75 Å². The lowest BCUT2D eigenvalue weighted by atomic mass is 10.1. The van der Waals surface area contributed by atoms with Gasteiger partial charge >= 0.3 is 0 Å². The Morgan fingerprint density at radius 1 is 1.29 bits per heavy atom. The van der Waals surface area contributed by atoms with E-state index in [9.17, 15) is 4.79 Å². The van der Waals surface area contributed by atoms with Gasteiger partial charge in [0, 0.05) is 5.56 Å². The van der Waals surface area contributed by atoms with Gasteiger partial charge in [-0.25, -0.2) is 0 Å². The molecule has 5 heteroatoms. The molecule has 0 aliphatic heterocycles. The summed E-state index contributed by atoms with van der Waals surface area (Å²) in [7, 11) is 1.61. The normalized spacial score (nSPS) is 11.8. The zero-order chi connectivity index (χ0) is 15.4. The number of benzene rings is 2. The average Bonchev–Trinajstić information content (AvgIpc) is 2.49. The van der Waals surface area contributed by atoms with Crippen molar-refractivity contribution in [2.45, 2.75) is 13.0 Å². The third kappa shape index (κ3) is 3.67. The Morgan fingerprint density at radius 2 is 2.05 bits per heavy atom. The molecule has 0 spiro atoms. The van der Waals surface area contributed by atoms with E-state index in [0.717, 1.165) is 11.3 Å². The quantitative estimate of drug-likeness (QED) is 0.851. The maximum atomic E-state index is 12.2. The fourth-order valence-corrected chi connectivity index (χ4v) is 2.12. The number of carbonyl (C=O) groups is 1. The van der Waals surface area contributed by atoms with Gasteiger partial charge in [-0.3, -0.25) is 4.79 Å². The van der Waals surface area contributed by atoms with Crippen LogP contribution in [0.2, 0.25) is 5.02 Å². The minimum atomic E-state index is -0.202. The number of nitrogens with one attached hydrogen (secondary N) is 1. The first-order valence-corrected chi connectivity index (χ1v) is 6.89.